The van der Waals surface area contributed by atoms with Gasteiger partial charge in [0.1, 0.15) is 6.10 Å². The van der Waals surface area contributed by atoms with Gasteiger partial charge in [-0.15, -0.1) is 0 Å². The number of unbranched alkanes of at least 4 members (excludes halogenated alkanes) is 1. The number of carboxylic acid groups (broad SMARTS) is 1. The quantitative estimate of drug-likeness (QED) is 0.161. The molecular weight excluding hydrogens is 486 g/mol. The van der Waals surface area contributed by atoms with Crippen molar-refractivity contribution in [2.45, 2.75) is 109 Å². The molecule has 1 aliphatic carbocycles. The largest absolute Gasteiger partial charge is 0.481 e. The van der Waals surface area contributed by atoms with E-state index in [-0.39, 0.29) is 12.3 Å². The minimum absolute atomic E-state index is 0.253. The molecule has 210 valence electrons. The number of hydrogen-bond donors (Lipinski definition) is 1. The number of alkyl halides is 2. The number of hydrogen-bond acceptors (Lipinski definition) is 6. The minimum Gasteiger partial charge on any atom is -0.481 e. The third-order valence-electron chi connectivity index (χ3n) is 7.09. The Morgan fingerprint density at radius 2 is 1.95 bits per heavy atom. The van der Waals surface area contributed by atoms with Crippen LogP contribution in [0.1, 0.15) is 85.0 Å². The smallest absolute Gasteiger partial charge is 0.309 e. The second kappa shape index (κ2) is 15.3. The van der Waals surface area contributed by atoms with Gasteiger partial charge in [-0.05, 0) is 51.0 Å². The zero-order valence-electron chi connectivity index (χ0n) is 22.2. The first-order valence-electron chi connectivity index (χ1n) is 13.5. The summed E-state index contributed by atoms with van der Waals surface area (Å²) in [7, 11) is 0. The SMILES string of the molecule is CCCCC(F)(F)C(=O)C=C[C@@H]1[C@@H](CC=CCCC(C)C(=O)O)[C@@H](OC(C)=O)C[C@H]1OC1CCCCO1. The van der Waals surface area contributed by atoms with Crippen LogP contribution in [-0.2, 0) is 28.6 Å². The van der Waals surface area contributed by atoms with Crippen molar-refractivity contribution in [1.29, 1.82) is 0 Å². The fourth-order valence-electron chi connectivity index (χ4n) is 4.85. The first kappa shape index (κ1) is 31.1. The maximum atomic E-state index is 14.3. The Kier molecular flexibility index (Phi) is 12.9. The van der Waals surface area contributed by atoms with Crippen molar-refractivity contribution in [3.8, 4) is 0 Å². The van der Waals surface area contributed by atoms with Crippen molar-refractivity contribution in [2.75, 3.05) is 6.61 Å². The first-order chi connectivity index (χ1) is 17.5. The van der Waals surface area contributed by atoms with Crippen LogP contribution < -0.4 is 0 Å². The Labute approximate surface area is 218 Å². The van der Waals surface area contributed by atoms with Crippen LogP contribution in [0.15, 0.2) is 24.3 Å². The summed E-state index contributed by atoms with van der Waals surface area (Å²) in [6, 6.07) is 0. The Hall–Kier alpha value is -2.13. The molecule has 6 atom stereocenters. The van der Waals surface area contributed by atoms with E-state index in [0.717, 1.165) is 18.9 Å². The van der Waals surface area contributed by atoms with Gasteiger partial charge < -0.3 is 19.3 Å². The van der Waals surface area contributed by atoms with Gasteiger partial charge in [0.05, 0.1) is 12.0 Å². The molecule has 0 radical (unpaired) electrons. The second-order valence-electron chi connectivity index (χ2n) is 10.2. The van der Waals surface area contributed by atoms with Crippen molar-refractivity contribution in [1.82, 2.24) is 0 Å². The molecular formula is C28H42F2O7. The van der Waals surface area contributed by atoms with Crippen LogP contribution >= 0.6 is 0 Å². The number of aliphatic carboxylic acids is 1. The molecule has 37 heavy (non-hydrogen) atoms. The molecule has 1 saturated carbocycles. The standard InChI is InChI=1S/C28H42F2O7/c1-4-5-16-28(29,30)25(32)15-14-22-21(12-8-6-7-11-19(2)27(33)34)23(36-20(3)31)18-24(22)37-26-13-9-10-17-35-26/h6,8,14-15,19,21-24,26H,4-5,7,9-13,16-18H2,1-3H3,(H,33,34)/t19?,21-,22-,23+,24-,26?/m1/s1. The van der Waals surface area contributed by atoms with E-state index in [2.05, 4.69) is 0 Å². The van der Waals surface area contributed by atoms with Crippen LogP contribution in [0.5, 0.6) is 0 Å². The van der Waals surface area contributed by atoms with Crippen LogP contribution in [0.4, 0.5) is 8.78 Å². The van der Waals surface area contributed by atoms with Crippen LogP contribution in [0.25, 0.3) is 0 Å². The fraction of sp³-hybridized carbons (Fsp3) is 0.750. The van der Waals surface area contributed by atoms with Crippen molar-refractivity contribution >= 4 is 17.7 Å². The summed E-state index contributed by atoms with van der Waals surface area (Å²) in [5.41, 5.74) is 0. The Balaban J connectivity index is 2.21. The zero-order chi connectivity index (χ0) is 27.4. The van der Waals surface area contributed by atoms with Crippen molar-refractivity contribution in [3.05, 3.63) is 24.3 Å². The number of halogens is 2. The number of allylic oxidation sites excluding steroid dienone is 3. The molecule has 0 amide bonds. The molecule has 0 spiro atoms. The number of carbonyl (C=O) groups is 3. The molecule has 2 rings (SSSR count). The maximum absolute atomic E-state index is 14.3. The molecule has 7 nitrogen and oxygen atoms in total. The number of rotatable bonds is 15. The van der Waals surface area contributed by atoms with Gasteiger partial charge in [0, 0.05) is 38.2 Å². The average Bonchev–Trinajstić information content (AvgIpc) is 3.15. The molecule has 2 fully saturated rings. The average molecular weight is 529 g/mol. The third kappa shape index (κ3) is 10.3. The van der Waals surface area contributed by atoms with Gasteiger partial charge in [0.2, 0.25) is 5.78 Å². The summed E-state index contributed by atoms with van der Waals surface area (Å²) >= 11 is 0. The van der Waals surface area contributed by atoms with E-state index in [1.165, 1.54) is 13.0 Å². The highest BCUT2D eigenvalue weighted by molar-refractivity contribution is 5.95. The first-order valence-corrected chi connectivity index (χ1v) is 13.5. The highest BCUT2D eigenvalue weighted by Crippen LogP contribution is 2.41. The normalized spacial score (nSPS) is 27.5. The zero-order valence-corrected chi connectivity index (χ0v) is 22.2. The van der Waals surface area contributed by atoms with Gasteiger partial charge >= 0.3 is 17.9 Å². The molecule has 1 heterocycles. The molecule has 0 aromatic carbocycles. The molecule has 2 unspecified atom stereocenters. The molecule has 0 bridgehead atoms. The summed E-state index contributed by atoms with van der Waals surface area (Å²) in [5, 5.41) is 9.05. The maximum Gasteiger partial charge on any atom is 0.309 e. The van der Waals surface area contributed by atoms with E-state index in [1.807, 2.05) is 12.2 Å². The van der Waals surface area contributed by atoms with Gasteiger partial charge in [0.15, 0.2) is 6.29 Å². The van der Waals surface area contributed by atoms with Crippen LogP contribution in [0, 0.1) is 17.8 Å². The van der Waals surface area contributed by atoms with Crippen LogP contribution in [-0.4, -0.2) is 53.9 Å². The lowest BCUT2D eigenvalue weighted by atomic mass is 9.89. The van der Waals surface area contributed by atoms with Crippen molar-refractivity contribution in [3.63, 3.8) is 0 Å². The number of ketones is 1. The number of carbonyl (C=O) groups excluding carboxylic acids is 2. The van der Waals surface area contributed by atoms with Gasteiger partial charge in [-0.2, -0.15) is 8.78 Å². The third-order valence-corrected chi connectivity index (χ3v) is 7.09. The molecule has 0 aromatic heterocycles. The second-order valence-corrected chi connectivity index (χ2v) is 10.2. The van der Waals surface area contributed by atoms with Crippen molar-refractivity contribution < 1.29 is 42.5 Å². The topological polar surface area (TPSA) is 99.1 Å². The lowest BCUT2D eigenvalue weighted by molar-refractivity contribution is -0.193. The van der Waals surface area contributed by atoms with Gasteiger partial charge in [-0.25, -0.2) is 0 Å². The lowest BCUT2D eigenvalue weighted by Crippen LogP contribution is -2.31. The monoisotopic (exact) mass is 528 g/mol. The lowest BCUT2D eigenvalue weighted by Gasteiger charge is -2.29. The summed E-state index contributed by atoms with van der Waals surface area (Å²) in [4.78, 5) is 35.2. The predicted molar refractivity (Wildman–Crippen MR) is 134 cm³/mol. The van der Waals surface area contributed by atoms with E-state index in [1.54, 1.807) is 13.8 Å². The summed E-state index contributed by atoms with van der Waals surface area (Å²) < 4.78 is 46.2. The summed E-state index contributed by atoms with van der Waals surface area (Å²) in [6.07, 6.45) is 9.62. The van der Waals surface area contributed by atoms with E-state index in [0.29, 0.717) is 45.1 Å². The Bertz CT molecular complexity index is 804. The highest BCUT2D eigenvalue weighted by Gasteiger charge is 2.45. The van der Waals surface area contributed by atoms with Gasteiger partial charge in [-0.1, -0.05) is 38.5 Å². The summed E-state index contributed by atoms with van der Waals surface area (Å²) in [5.74, 6) is -7.17. The number of ether oxygens (including phenoxy) is 3. The fourth-order valence-corrected chi connectivity index (χ4v) is 4.85. The molecule has 1 aliphatic heterocycles. The number of carboxylic acids is 1. The molecule has 2 aliphatic rings. The molecule has 0 aromatic rings. The van der Waals surface area contributed by atoms with Crippen LogP contribution in [0.3, 0.4) is 0 Å². The Morgan fingerprint density at radius 3 is 2.57 bits per heavy atom. The number of esters is 1. The highest BCUT2D eigenvalue weighted by atomic mass is 19.3. The molecule has 9 heteroatoms. The molecule has 1 saturated heterocycles. The minimum atomic E-state index is -3.43. The van der Waals surface area contributed by atoms with E-state index in [4.69, 9.17) is 19.3 Å². The Morgan fingerprint density at radius 1 is 1.19 bits per heavy atom. The summed E-state index contributed by atoms with van der Waals surface area (Å²) in [6.45, 7) is 5.34. The van der Waals surface area contributed by atoms with E-state index in [9.17, 15) is 23.2 Å². The van der Waals surface area contributed by atoms with Gasteiger partial charge in [0.25, 0.3) is 0 Å². The molecule has 1 N–H and O–H groups in total. The van der Waals surface area contributed by atoms with E-state index < -0.39 is 60.4 Å². The van der Waals surface area contributed by atoms with Crippen molar-refractivity contribution in [2.24, 2.45) is 17.8 Å². The van der Waals surface area contributed by atoms with Gasteiger partial charge in [-0.3, -0.25) is 14.4 Å². The van der Waals surface area contributed by atoms with Crippen LogP contribution in [0.2, 0.25) is 0 Å². The van der Waals surface area contributed by atoms with E-state index >= 15 is 0 Å². The predicted octanol–water partition coefficient (Wildman–Crippen LogP) is 5.86.